The van der Waals surface area contributed by atoms with E-state index < -0.39 is 17.9 Å². The van der Waals surface area contributed by atoms with E-state index >= 15 is 0 Å². The van der Waals surface area contributed by atoms with Gasteiger partial charge in [0.15, 0.2) is 12.5 Å². The van der Waals surface area contributed by atoms with Gasteiger partial charge in [0.25, 0.3) is 5.91 Å². The number of Topliss-reactive ketones (excluding diaryl/α,β-unsaturated/α-hetero) is 1. The van der Waals surface area contributed by atoms with Crippen LogP contribution in [-0.4, -0.2) is 94.5 Å². The summed E-state index contributed by atoms with van der Waals surface area (Å²) in [5.41, 5.74) is 1.15. The number of nitrogens with zero attached hydrogens (tertiary/aromatic N) is 3. The van der Waals surface area contributed by atoms with Crippen molar-refractivity contribution in [3.8, 4) is 5.75 Å². The second-order valence-electron chi connectivity index (χ2n) is 16.3. The van der Waals surface area contributed by atoms with Crippen molar-refractivity contribution < 1.29 is 38.6 Å². The number of esters is 2. The number of carbonyl (C=O) groups is 5. The van der Waals surface area contributed by atoms with Crippen molar-refractivity contribution in [2.75, 3.05) is 26.9 Å². The first-order valence-corrected chi connectivity index (χ1v) is 21.9. The summed E-state index contributed by atoms with van der Waals surface area (Å²) in [4.78, 5) is 75.9. The monoisotopic (exact) mass is 812 g/mol. The first-order valence-electron chi connectivity index (χ1n) is 21.0. The van der Waals surface area contributed by atoms with E-state index in [9.17, 15) is 29.1 Å². The SMILES string of the molecule is CCCC(=O)OCN(C(=O)[C@@H](CC(=O)[C@H]1CCCCN1C)C(C)CC)[C@H](C[C@@H](C)c1nc(C(=O)N[C@@H](Cc2ccc(O)cc2)C[C@H](C)C(=O)OCC)cs1)C(C)C. The lowest BCUT2D eigenvalue weighted by molar-refractivity contribution is -0.160. The molecule has 2 amide bonds. The number of hydrogen-bond acceptors (Lipinski definition) is 11. The summed E-state index contributed by atoms with van der Waals surface area (Å²) in [7, 11) is 1.98. The number of nitrogens with one attached hydrogen (secondary N) is 1. The van der Waals surface area contributed by atoms with Crippen LogP contribution in [0.3, 0.4) is 0 Å². The van der Waals surface area contributed by atoms with Crippen molar-refractivity contribution in [3.63, 3.8) is 0 Å². The summed E-state index contributed by atoms with van der Waals surface area (Å²) in [6.07, 6.45) is 5.85. The Bertz CT molecular complexity index is 1600. The summed E-state index contributed by atoms with van der Waals surface area (Å²) >= 11 is 1.37. The third-order valence-corrected chi connectivity index (χ3v) is 12.4. The molecule has 7 atom stereocenters. The number of likely N-dealkylation sites (N-methyl/N-ethyl adjacent to an activating group) is 1. The van der Waals surface area contributed by atoms with Gasteiger partial charge in [0.2, 0.25) is 5.91 Å². The molecule has 2 aromatic rings. The highest BCUT2D eigenvalue weighted by Crippen LogP contribution is 2.33. The van der Waals surface area contributed by atoms with Crippen LogP contribution in [0.25, 0.3) is 0 Å². The molecule has 0 radical (unpaired) electrons. The molecule has 318 valence electrons. The van der Waals surface area contributed by atoms with E-state index in [0.717, 1.165) is 42.8 Å². The second kappa shape index (κ2) is 23.5. The number of phenolic OH excluding ortho intramolecular Hbond substituents is 1. The molecule has 1 saturated heterocycles. The van der Waals surface area contributed by atoms with Gasteiger partial charge in [-0.25, -0.2) is 4.98 Å². The normalized spacial score (nSPS) is 17.8. The lowest BCUT2D eigenvalue weighted by Crippen LogP contribution is -2.50. The molecule has 0 spiro atoms. The number of likely N-dealkylation sites (tertiary alicyclic amines) is 1. The molecule has 1 aliphatic heterocycles. The quantitative estimate of drug-likeness (QED) is 0.0850. The average molecular weight is 813 g/mol. The highest BCUT2D eigenvalue weighted by molar-refractivity contribution is 7.09. The number of rotatable bonds is 23. The van der Waals surface area contributed by atoms with Crippen molar-refractivity contribution >= 4 is 40.9 Å². The molecule has 2 N–H and O–H groups in total. The van der Waals surface area contributed by atoms with Crippen LogP contribution in [0.15, 0.2) is 29.6 Å². The predicted octanol–water partition coefficient (Wildman–Crippen LogP) is 7.53. The first-order chi connectivity index (χ1) is 27.1. The molecule has 57 heavy (non-hydrogen) atoms. The van der Waals surface area contributed by atoms with Crippen LogP contribution in [0, 0.1) is 23.7 Å². The third-order valence-electron chi connectivity index (χ3n) is 11.3. The van der Waals surface area contributed by atoms with E-state index in [-0.39, 0.29) is 97.0 Å². The van der Waals surface area contributed by atoms with E-state index in [2.05, 4.69) is 10.2 Å². The molecule has 0 saturated carbocycles. The van der Waals surface area contributed by atoms with Crippen LogP contribution in [0.4, 0.5) is 0 Å². The molecule has 0 bridgehead atoms. The number of aromatic nitrogens is 1. The maximum atomic E-state index is 14.7. The fourth-order valence-electron chi connectivity index (χ4n) is 7.62. The zero-order valence-corrected chi connectivity index (χ0v) is 36.6. The molecule has 2 heterocycles. The molecular weight excluding hydrogens is 745 g/mol. The number of amides is 2. The third kappa shape index (κ3) is 14.5. The maximum Gasteiger partial charge on any atom is 0.308 e. The summed E-state index contributed by atoms with van der Waals surface area (Å²) in [6.45, 7) is 16.5. The number of thiazole rings is 1. The molecule has 1 aromatic heterocycles. The molecule has 1 fully saturated rings. The van der Waals surface area contributed by atoms with E-state index in [1.807, 2.05) is 48.6 Å². The highest BCUT2D eigenvalue weighted by atomic mass is 32.1. The Balaban J connectivity index is 1.85. The van der Waals surface area contributed by atoms with Gasteiger partial charge >= 0.3 is 11.9 Å². The molecule has 3 rings (SSSR count). The van der Waals surface area contributed by atoms with Gasteiger partial charge in [-0.15, -0.1) is 11.3 Å². The van der Waals surface area contributed by atoms with E-state index in [0.29, 0.717) is 25.7 Å². The van der Waals surface area contributed by atoms with Gasteiger partial charge < -0.3 is 24.8 Å². The van der Waals surface area contributed by atoms with Crippen molar-refractivity contribution in [1.29, 1.82) is 0 Å². The fraction of sp³-hybridized carbons (Fsp3) is 0.682. The summed E-state index contributed by atoms with van der Waals surface area (Å²) in [5, 5.41) is 15.3. The van der Waals surface area contributed by atoms with Crippen LogP contribution in [0.2, 0.25) is 0 Å². The molecule has 0 aliphatic carbocycles. The number of hydrogen-bond donors (Lipinski definition) is 2. The van der Waals surface area contributed by atoms with E-state index in [1.165, 1.54) is 11.3 Å². The van der Waals surface area contributed by atoms with E-state index in [4.69, 9.17) is 14.5 Å². The molecule has 1 unspecified atom stereocenters. The smallest absolute Gasteiger partial charge is 0.308 e. The Morgan fingerprint density at radius 2 is 1.70 bits per heavy atom. The number of carbonyl (C=O) groups excluding carboxylic acids is 5. The number of aromatic hydroxyl groups is 1. The minimum absolute atomic E-state index is 0.0242. The first kappa shape index (κ1) is 47.5. The number of ketones is 1. The minimum Gasteiger partial charge on any atom is -0.508 e. The number of benzene rings is 1. The van der Waals surface area contributed by atoms with Crippen molar-refractivity contribution in [2.24, 2.45) is 23.7 Å². The van der Waals surface area contributed by atoms with E-state index in [1.54, 1.807) is 48.4 Å². The van der Waals surface area contributed by atoms with Crippen LogP contribution in [0.5, 0.6) is 5.75 Å². The summed E-state index contributed by atoms with van der Waals surface area (Å²) < 4.78 is 11.0. The summed E-state index contributed by atoms with van der Waals surface area (Å²) in [6, 6.07) is 5.80. The standard InChI is InChI=1S/C44H68N4O8S/c1-10-15-40(51)56-27-48(43(53)35(29(6)11-2)25-39(50)37-16-13-14-21-47(37)9)38(28(4)5)23-30(7)42-46-36(26-57-42)41(52)45-33(22-31(8)44(54)55-12-3)24-32-17-19-34(49)20-18-32/h17-20,26,28-31,33,35,37-38,49H,10-16,21-25,27H2,1-9H3,(H,45,52)/t29?,30-,31+,33-,35+,37-,38-/m1/s1. The maximum absolute atomic E-state index is 14.7. The molecule has 13 heteroatoms. The van der Waals surface area contributed by atoms with Crippen LogP contribution in [-0.2, 0) is 35.1 Å². The van der Waals surface area contributed by atoms with Crippen molar-refractivity contribution in [3.05, 3.63) is 45.9 Å². The van der Waals surface area contributed by atoms with Gasteiger partial charge in [0.05, 0.1) is 23.6 Å². The minimum atomic E-state index is -0.560. The van der Waals surface area contributed by atoms with Gasteiger partial charge in [-0.2, -0.15) is 0 Å². The number of phenols is 1. The Morgan fingerprint density at radius 3 is 2.32 bits per heavy atom. The largest absolute Gasteiger partial charge is 0.508 e. The summed E-state index contributed by atoms with van der Waals surface area (Å²) in [5.74, 6) is -2.29. The van der Waals surface area contributed by atoms with Gasteiger partial charge in [0.1, 0.15) is 11.4 Å². The van der Waals surface area contributed by atoms with Crippen LogP contribution < -0.4 is 5.32 Å². The molecular formula is C44H68N4O8S. The van der Waals surface area contributed by atoms with Crippen molar-refractivity contribution in [2.45, 2.75) is 144 Å². The lowest BCUT2D eigenvalue weighted by Gasteiger charge is -2.39. The number of ether oxygens (including phenoxy) is 2. The Hall–Kier alpha value is -3.84. The fourth-order valence-corrected chi connectivity index (χ4v) is 8.49. The Morgan fingerprint density at radius 1 is 1.00 bits per heavy atom. The zero-order chi connectivity index (χ0) is 42.2. The molecule has 12 nitrogen and oxygen atoms in total. The number of piperidine rings is 1. The predicted molar refractivity (Wildman–Crippen MR) is 223 cm³/mol. The Labute approximate surface area is 344 Å². The van der Waals surface area contributed by atoms with Crippen LogP contribution in [0.1, 0.15) is 140 Å². The van der Waals surface area contributed by atoms with Gasteiger partial charge in [-0.1, -0.05) is 73.4 Å². The van der Waals surface area contributed by atoms with Gasteiger partial charge in [-0.05, 0) is 88.6 Å². The van der Waals surface area contributed by atoms with Gasteiger partial charge in [-0.3, -0.25) is 28.9 Å². The highest BCUT2D eigenvalue weighted by Gasteiger charge is 2.38. The Kier molecular flexibility index (Phi) is 19.6. The van der Waals surface area contributed by atoms with Crippen molar-refractivity contribution in [1.82, 2.24) is 20.1 Å². The second-order valence-corrected chi connectivity index (χ2v) is 17.2. The topological polar surface area (TPSA) is 155 Å². The average Bonchev–Trinajstić information content (AvgIpc) is 3.68. The molecule has 1 aromatic carbocycles. The lowest BCUT2D eigenvalue weighted by atomic mass is 9.82. The van der Waals surface area contributed by atoms with Crippen LogP contribution >= 0.6 is 11.3 Å². The molecule has 1 aliphatic rings. The van der Waals surface area contributed by atoms with Gasteiger partial charge in [0, 0.05) is 42.1 Å². The zero-order valence-electron chi connectivity index (χ0n) is 35.8.